The van der Waals surface area contributed by atoms with Gasteiger partial charge in [0.05, 0.1) is 13.2 Å². The van der Waals surface area contributed by atoms with E-state index in [1.54, 1.807) is 13.8 Å². The molecular weight excluding hydrogens is 376 g/mol. The van der Waals surface area contributed by atoms with Gasteiger partial charge in [-0.3, -0.25) is 0 Å². The lowest BCUT2D eigenvalue weighted by atomic mass is 10.0. The molecule has 0 amide bonds. The molecule has 0 aromatic carbocycles. The van der Waals surface area contributed by atoms with Gasteiger partial charge < -0.3 is 9.47 Å². The van der Waals surface area contributed by atoms with Gasteiger partial charge in [-0.15, -0.1) is 0 Å². The molecule has 0 aromatic heterocycles. The molecular formula is C26H46O4. The molecule has 4 heteroatoms. The Morgan fingerprint density at radius 3 is 0.867 bits per heavy atom. The van der Waals surface area contributed by atoms with Crippen LogP contribution in [0.5, 0.6) is 0 Å². The van der Waals surface area contributed by atoms with Crippen LogP contribution in [0, 0.1) is 0 Å². The van der Waals surface area contributed by atoms with Gasteiger partial charge in [0.25, 0.3) is 0 Å². The fraction of sp³-hybridized carbons (Fsp3) is 0.769. The fourth-order valence-electron chi connectivity index (χ4n) is 3.26. The molecule has 0 aliphatic heterocycles. The SMILES string of the molecule is C=C(C)C(=O)OCCCCCCCCCCCCCCCCCCOC(=O)C(=C)C. The van der Waals surface area contributed by atoms with E-state index < -0.39 is 0 Å². The van der Waals surface area contributed by atoms with Crippen LogP contribution < -0.4 is 0 Å². The van der Waals surface area contributed by atoms with Gasteiger partial charge >= 0.3 is 11.9 Å². The van der Waals surface area contributed by atoms with E-state index in [-0.39, 0.29) is 11.9 Å². The normalized spacial score (nSPS) is 10.6. The Hall–Kier alpha value is -1.58. The third kappa shape index (κ3) is 19.7. The van der Waals surface area contributed by atoms with Crippen molar-refractivity contribution < 1.29 is 19.1 Å². The van der Waals surface area contributed by atoms with Crippen LogP contribution in [0.4, 0.5) is 0 Å². The number of ether oxygens (including phenoxy) is 2. The van der Waals surface area contributed by atoms with Gasteiger partial charge in [-0.25, -0.2) is 9.59 Å². The Labute approximate surface area is 185 Å². The molecule has 0 bridgehead atoms. The number of hydrogen-bond acceptors (Lipinski definition) is 4. The smallest absolute Gasteiger partial charge is 0.333 e. The highest BCUT2D eigenvalue weighted by molar-refractivity contribution is 5.87. The van der Waals surface area contributed by atoms with Crippen molar-refractivity contribution in [3.05, 3.63) is 24.3 Å². The molecule has 0 unspecified atom stereocenters. The molecule has 0 saturated carbocycles. The van der Waals surface area contributed by atoms with E-state index >= 15 is 0 Å². The zero-order chi connectivity index (χ0) is 22.5. The highest BCUT2D eigenvalue weighted by atomic mass is 16.5. The van der Waals surface area contributed by atoms with Gasteiger partial charge in [0.1, 0.15) is 0 Å². The lowest BCUT2D eigenvalue weighted by Crippen LogP contribution is -2.05. The molecule has 30 heavy (non-hydrogen) atoms. The second kappa shape index (κ2) is 20.7. The molecule has 0 aliphatic carbocycles. The number of rotatable bonds is 21. The number of carbonyl (C=O) groups is 2. The summed E-state index contributed by atoms with van der Waals surface area (Å²) >= 11 is 0. The van der Waals surface area contributed by atoms with Crippen LogP contribution >= 0.6 is 0 Å². The van der Waals surface area contributed by atoms with E-state index in [0.717, 1.165) is 25.7 Å². The molecule has 0 heterocycles. The Morgan fingerprint density at radius 1 is 0.467 bits per heavy atom. The van der Waals surface area contributed by atoms with Crippen LogP contribution in [0.25, 0.3) is 0 Å². The van der Waals surface area contributed by atoms with Gasteiger partial charge in [-0.05, 0) is 26.7 Å². The molecule has 4 nitrogen and oxygen atoms in total. The van der Waals surface area contributed by atoms with E-state index in [2.05, 4.69) is 13.2 Å². The van der Waals surface area contributed by atoms with Crippen LogP contribution in [-0.4, -0.2) is 25.2 Å². The zero-order valence-electron chi connectivity index (χ0n) is 19.8. The molecule has 0 atom stereocenters. The van der Waals surface area contributed by atoms with Crippen LogP contribution in [-0.2, 0) is 19.1 Å². The third-order valence-electron chi connectivity index (χ3n) is 5.20. The quantitative estimate of drug-likeness (QED) is 0.109. The van der Waals surface area contributed by atoms with Gasteiger partial charge in [0, 0.05) is 11.1 Å². The molecule has 0 spiro atoms. The maximum Gasteiger partial charge on any atom is 0.333 e. The first-order valence-corrected chi connectivity index (χ1v) is 12.1. The van der Waals surface area contributed by atoms with E-state index in [4.69, 9.17) is 9.47 Å². The molecule has 0 fully saturated rings. The topological polar surface area (TPSA) is 52.6 Å². The summed E-state index contributed by atoms with van der Waals surface area (Å²) in [6.07, 6.45) is 20.1. The monoisotopic (exact) mass is 422 g/mol. The van der Waals surface area contributed by atoms with Crippen LogP contribution in [0.3, 0.4) is 0 Å². The summed E-state index contributed by atoms with van der Waals surface area (Å²) in [5.74, 6) is -0.539. The Kier molecular flexibility index (Phi) is 19.6. The Bertz CT molecular complexity index is 437. The molecule has 174 valence electrons. The lowest BCUT2D eigenvalue weighted by molar-refractivity contribution is -0.139. The van der Waals surface area contributed by atoms with Gasteiger partial charge in [0.2, 0.25) is 0 Å². The first-order chi connectivity index (χ1) is 14.4. The Balaban J connectivity index is 3.13. The van der Waals surface area contributed by atoms with Crippen LogP contribution in [0.2, 0.25) is 0 Å². The summed E-state index contributed by atoms with van der Waals surface area (Å²) in [6.45, 7) is 11.6. The number of hydrogen-bond donors (Lipinski definition) is 0. The molecule has 0 aliphatic rings. The maximum atomic E-state index is 11.2. The number of carbonyl (C=O) groups excluding carboxylic acids is 2. The summed E-state index contributed by atoms with van der Waals surface area (Å²) in [6, 6.07) is 0. The summed E-state index contributed by atoms with van der Waals surface area (Å²) in [5.41, 5.74) is 0.955. The van der Waals surface area contributed by atoms with Crippen molar-refractivity contribution in [1.82, 2.24) is 0 Å². The van der Waals surface area contributed by atoms with Crippen molar-refractivity contribution in [2.24, 2.45) is 0 Å². The average Bonchev–Trinajstić information content (AvgIpc) is 2.71. The third-order valence-corrected chi connectivity index (χ3v) is 5.20. The fourth-order valence-corrected chi connectivity index (χ4v) is 3.26. The van der Waals surface area contributed by atoms with E-state index in [1.807, 2.05) is 0 Å². The second-order valence-electron chi connectivity index (χ2n) is 8.49. The highest BCUT2D eigenvalue weighted by Crippen LogP contribution is 2.14. The predicted octanol–water partition coefficient (Wildman–Crippen LogP) is 7.47. The van der Waals surface area contributed by atoms with E-state index in [1.165, 1.54) is 77.0 Å². The summed E-state index contributed by atoms with van der Waals surface area (Å²) in [4.78, 5) is 22.4. The summed E-state index contributed by atoms with van der Waals surface area (Å²) < 4.78 is 10.2. The van der Waals surface area contributed by atoms with Crippen LogP contribution in [0.15, 0.2) is 24.3 Å². The lowest BCUT2D eigenvalue weighted by Gasteiger charge is -2.05. The van der Waals surface area contributed by atoms with Gasteiger partial charge in [-0.2, -0.15) is 0 Å². The predicted molar refractivity (Wildman–Crippen MR) is 125 cm³/mol. The molecule has 0 aromatic rings. The highest BCUT2D eigenvalue weighted by Gasteiger charge is 2.02. The Morgan fingerprint density at radius 2 is 0.667 bits per heavy atom. The minimum Gasteiger partial charge on any atom is -0.462 e. The van der Waals surface area contributed by atoms with Crippen LogP contribution in [0.1, 0.15) is 117 Å². The van der Waals surface area contributed by atoms with Crippen molar-refractivity contribution >= 4 is 11.9 Å². The maximum absolute atomic E-state index is 11.2. The molecule has 0 radical (unpaired) electrons. The standard InChI is InChI=1S/C26H46O4/c1-23(2)25(27)29-21-19-17-15-13-11-9-7-5-6-8-10-12-14-16-18-20-22-30-26(28)24(3)4/h1,3,5-22H2,2,4H3. The zero-order valence-corrected chi connectivity index (χ0v) is 19.8. The first kappa shape index (κ1) is 28.4. The number of esters is 2. The number of unbranched alkanes of at least 4 members (excludes halogenated alkanes) is 15. The first-order valence-electron chi connectivity index (χ1n) is 12.1. The molecule has 0 rings (SSSR count). The van der Waals surface area contributed by atoms with Crippen molar-refractivity contribution in [2.45, 2.75) is 117 Å². The van der Waals surface area contributed by atoms with E-state index in [9.17, 15) is 9.59 Å². The van der Waals surface area contributed by atoms with Gasteiger partial charge in [-0.1, -0.05) is 103 Å². The average molecular weight is 423 g/mol. The summed E-state index contributed by atoms with van der Waals surface area (Å²) in [5, 5.41) is 0. The molecule has 0 saturated heterocycles. The molecule has 0 N–H and O–H groups in total. The van der Waals surface area contributed by atoms with Crippen molar-refractivity contribution in [1.29, 1.82) is 0 Å². The summed E-state index contributed by atoms with van der Waals surface area (Å²) in [7, 11) is 0. The van der Waals surface area contributed by atoms with Crippen molar-refractivity contribution in [2.75, 3.05) is 13.2 Å². The minimum absolute atomic E-state index is 0.270. The minimum atomic E-state index is -0.270. The van der Waals surface area contributed by atoms with Gasteiger partial charge in [0.15, 0.2) is 0 Å². The largest absolute Gasteiger partial charge is 0.462 e. The van der Waals surface area contributed by atoms with Crippen molar-refractivity contribution in [3.63, 3.8) is 0 Å². The van der Waals surface area contributed by atoms with E-state index in [0.29, 0.717) is 24.4 Å². The second-order valence-corrected chi connectivity index (χ2v) is 8.49. The van der Waals surface area contributed by atoms with Crippen molar-refractivity contribution in [3.8, 4) is 0 Å².